The van der Waals surface area contributed by atoms with Crippen molar-refractivity contribution in [1.29, 1.82) is 0 Å². The first-order valence-electron chi connectivity index (χ1n) is 5.52. The van der Waals surface area contributed by atoms with Crippen LogP contribution in [-0.4, -0.2) is 44.4 Å². The van der Waals surface area contributed by atoms with Gasteiger partial charge in [0, 0.05) is 0 Å². The predicted molar refractivity (Wildman–Crippen MR) is 64.3 cm³/mol. The fraction of sp³-hybridized carbons (Fsp3) is 0.900. The zero-order chi connectivity index (χ0) is 13.5. The van der Waals surface area contributed by atoms with Gasteiger partial charge in [0.1, 0.15) is 6.04 Å². The zero-order valence-corrected chi connectivity index (χ0v) is 11.3. The van der Waals surface area contributed by atoms with Crippen LogP contribution in [0, 0.1) is 5.92 Å². The summed E-state index contributed by atoms with van der Waals surface area (Å²) >= 11 is 0. The lowest BCUT2D eigenvalue weighted by Gasteiger charge is -2.18. The van der Waals surface area contributed by atoms with E-state index in [1.54, 1.807) is 0 Å². The molecule has 0 spiro atoms. The average Bonchev–Trinajstić information content (AvgIpc) is 2.19. The van der Waals surface area contributed by atoms with Gasteiger partial charge >= 0.3 is 5.97 Å². The van der Waals surface area contributed by atoms with E-state index in [2.05, 4.69) is 10.1 Å². The molecule has 0 rings (SSSR count). The van der Waals surface area contributed by atoms with Crippen LogP contribution in [0.4, 0.5) is 0 Å². The van der Waals surface area contributed by atoms with E-state index >= 15 is 0 Å². The number of nitrogens with one attached hydrogen (secondary N) is 1. The van der Waals surface area contributed by atoms with Gasteiger partial charge < -0.3 is 10.1 Å². The third kappa shape index (κ3) is 9.08. The van der Waals surface area contributed by atoms with Crippen LogP contribution in [0.25, 0.3) is 0 Å². The molecule has 0 unspecified atom stereocenters. The van der Waals surface area contributed by atoms with Crippen molar-refractivity contribution in [1.82, 2.24) is 5.32 Å². The fourth-order valence-electron chi connectivity index (χ4n) is 1.41. The van der Waals surface area contributed by atoms with Gasteiger partial charge in [-0.15, -0.1) is 0 Å². The standard InChI is InChI=1S/C10H21NO5S/c1-8(2)7-9(10(12)16-3)11-5-4-6-17(13,14)15/h8-9,11H,4-7H2,1-3H3,(H,13,14,15)/t9-/m0/s1. The highest BCUT2D eigenvalue weighted by Gasteiger charge is 2.19. The topological polar surface area (TPSA) is 92.7 Å². The molecule has 0 amide bonds. The van der Waals surface area contributed by atoms with Crippen LogP contribution in [-0.2, 0) is 19.6 Å². The highest BCUT2D eigenvalue weighted by atomic mass is 32.2. The van der Waals surface area contributed by atoms with Crippen LogP contribution in [0.1, 0.15) is 26.7 Å². The van der Waals surface area contributed by atoms with Gasteiger partial charge in [-0.2, -0.15) is 8.42 Å². The second kappa shape index (κ2) is 7.62. The Labute approximate surface area is 102 Å². The summed E-state index contributed by atoms with van der Waals surface area (Å²) in [5, 5.41) is 2.92. The molecule has 0 saturated carbocycles. The van der Waals surface area contributed by atoms with E-state index in [0.29, 0.717) is 18.9 Å². The summed E-state index contributed by atoms with van der Waals surface area (Å²) in [6.45, 7) is 4.30. The molecule has 0 aromatic rings. The molecule has 0 bridgehead atoms. The van der Waals surface area contributed by atoms with Gasteiger partial charge in [-0.05, 0) is 25.3 Å². The Morgan fingerprint density at radius 3 is 2.41 bits per heavy atom. The fourth-order valence-corrected chi connectivity index (χ4v) is 1.92. The molecule has 0 saturated heterocycles. The molecule has 0 aromatic carbocycles. The number of methoxy groups -OCH3 is 1. The smallest absolute Gasteiger partial charge is 0.322 e. The predicted octanol–water partition coefficient (Wildman–Crippen LogP) is 0.442. The second-order valence-electron chi connectivity index (χ2n) is 4.30. The van der Waals surface area contributed by atoms with Crippen molar-refractivity contribution >= 4 is 16.1 Å². The van der Waals surface area contributed by atoms with E-state index in [1.807, 2.05) is 13.8 Å². The lowest BCUT2D eigenvalue weighted by atomic mass is 10.0. The van der Waals surface area contributed by atoms with Crippen LogP contribution in [0.2, 0.25) is 0 Å². The summed E-state index contributed by atoms with van der Waals surface area (Å²) in [5.74, 6) is -0.339. The number of esters is 1. The molecule has 17 heavy (non-hydrogen) atoms. The van der Waals surface area contributed by atoms with E-state index < -0.39 is 16.2 Å². The minimum absolute atomic E-state index is 0.254. The molecule has 1 atom stereocenters. The Balaban J connectivity index is 4.04. The van der Waals surface area contributed by atoms with Gasteiger partial charge in [-0.3, -0.25) is 9.35 Å². The lowest BCUT2D eigenvalue weighted by molar-refractivity contribution is -0.143. The van der Waals surface area contributed by atoms with Gasteiger partial charge in [-0.25, -0.2) is 0 Å². The van der Waals surface area contributed by atoms with Crippen LogP contribution in [0.5, 0.6) is 0 Å². The van der Waals surface area contributed by atoms with E-state index in [9.17, 15) is 13.2 Å². The second-order valence-corrected chi connectivity index (χ2v) is 5.87. The van der Waals surface area contributed by atoms with E-state index in [4.69, 9.17) is 4.55 Å². The molecule has 102 valence electrons. The van der Waals surface area contributed by atoms with E-state index in [0.717, 1.165) is 0 Å². The number of ether oxygens (including phenoxy) is 1. The Hall–Kier alpha value is -0.660. The molecule has 0 aromatic heterocycles. The van der Waals surface area contributed by atoms with Crippen LogP contribution in [0.15, 0.2) is 0 Å². The van der Waals surface area contributed by atoms with Gasteiger partial charge in [0.25, 0.3) is 10.1 Å². The van der Waals surface area contributed by atoms with Crippen molar-refractivity contribution in [3.05, 3.63) is 0 Å². The summed E-state index contributed by atoms with van der Waals surface area (Å²) in [5.41, 5.74) is 0. The van der Waals surface area contributed by atoms with Crippen molar-refractivity contribution in [2.75, 3.05) is 19.4 Å². The molecule has 0 fully saturated rings. The Bertz CT molecular complexity index is 326. The maximum atomic E-state index is 11.4. The van der Waals surface area contributed by atoms with Crippen molar-refractivity contribution < 1.29 is 22.5 Å². The van der Waals surface area contributed by atoms with Crippen LogP contribution >= 0.6 is 0 Å². The summed E-state index contributed by atoms with van der Waals surface area (Å²) in [4.78, 5) is 11.4. The van der Waals surface area contributed by atoms with Gasteiger partial charge in [0.15, 0.2) is 0 Å². The molecule has 2 N–H and O–H groups in total. The van der Waals surface area contributed by atoms with Crippen molar-refractivity contribution in [2.24, 2.45) is 5.92 Å². The first kappa shape index (κ1) is 16.3. The number of hydrogen-bond donors (Lipinski definition) is 2. The molecule has 0 aliphatic rings. The Morgan fingerprint density at radius 1 is 1.41 bits per heavy atom. The minimum Gasteiger partial charge on any atom is -0.468 e. The number of hydrogen-bond acceptors (Lipinski definition) is 5. The Morgan fingerprint density at radius 2 is 2.00 bits per heavy atom. The van der Waals surface area contributed by atoms with Crippen molar-refractivity contribution in [3.63, 3.8) is 0 Å². The summed E-state index contributed by atoms with van der Waals surface area (Å²) in [6.07, 6.45) is 0.878. The number of carbonyl (C=O) groups is 1. The van der Waals surface area contributed by atoms with E-state index in [-0.39, 0.29) is 18.1 Å². The van der Waals surface area contributed by atoms with Crippen LogP contribution < -0.4 is 5.32 Å². The Kier molecular flexibility index (Phi) is 7.33. The van der Waals surface area contributed by atoms with Crippen molar-refractivity contribution in [3.8, 4) is 0 Å². The van der Waals surface area contributed by atoms with Crippen molar-refractivity contribution in [2.45, 2.75) is 32.7 Å². The molecule has 0 aliphatic heterocycles. The molecule has 0 aliphatic carbocycles. The first-order valence-corrected chi connectivity index (χ1v) is 7.13. The largest absolute Gasteiger partial charge is 0.468 e. The molecule has 7 heteroatoms. The molecular weight excluding hydrogens is 246 g/mol. The first-order chi connectivity index (χ1) is 7.76. The molecular formula is C10H21NO5S. The lowest BCUT2D eigenvalue weighted by Crippen LogP contribution is -2.39. The maximum absolute atomic E-state index is 11.4. The third-order valence-electron chi connectivity index (χ3n) is 2.16. The normalized spacial score (nSPS) is 13.7. The monoisotopic (exact) mass is 267 g/mol. The average molecular weight is 267 g/mol. The molecule has 0 radical (unpaired) electrons. The molecule has 0 heterocycles. The maximum Gasteiger partial charge on any atom is 0.322 e. The van der Waals surface area contributed by atoms with Crippen LogP contribution in [0.3, 0.4) is 0 Å². The summed E-state index contributed by atoms with van der Waals surface area (Å²) in [7, 11) is -2.61. The zero-order valence-electron chi connectivity index (χ0n) is 10.5. The highest BCUT2D eigenvalue weighted by molar-refractivity contribution is 7.85. The number of carbonyl (C=O) groups excluding carboxylic acids is 1. The van der Waals surface area contributed by atoms with Gasteiger partial charge in [0.2, 0.25) is 0 Å². The molecule has 6 nitrogen and oxygen atoms in total. The summed E-state index contributed by atoms with van der Waals surface area (Å²) < 4.78 is 34.1. The quantitative estimate of drug-likeness (QED) is 0.376. The third-order valence-corrected chi connectivity index (χ3v) is 2.97. The SMILES string of the molecule is COC(=O)[C@H](CC(C)C)NCCCS(=O)(=O)O. The van der Waals surface area contributed by atoms with Gasteiger partial charge in [-0.1, -0.05) is 13.8 Å². The summed E-state index contributed by atoms with van der Waals surface area (Å²) in [6, 6.07) is -0.429. The number of rotatable bonds is 8. The van der Waals surface area contributed by atoms with E-state index in [1.165, 1.54) is 7.11 Å². The minimum atomic E-state index is -3.93. The highest BCUT2D eigenvalue weighted by Crippen LogP contribution is 2.06. The van der Waals surface area contributed by atoms with Gasteiger partial charge in [0.05, 0.1) is 12.9 Å².